The van der Waals surface area contributed by atoms with Gasteiger partial charge in [-0.05, 0) is 24.3 Å². The van der Waals surface area contributed by atoms with Crippen LogP contribution in [-0.4, -0.2) is 62.3 Å². The van der Waals surface area contributed by atoms with Gasteiger partial charge < -0.3 is 24.7 Å². The van der Waals surface area contributed by atoms with E-state index in [1.807, 2.05) is 12.1 Å². The molecular weight excluding hydrogens is 514 g/mol. The van der Waals surface area contributed by atoms with Gasteiger partial charge in [0.05, 0.1) is 6.33 Å². The second-order valence-electron chi connectivity index (χ2n) is 7.78. The number of anilines is 1. The number of carbonyl (C=O) groups excluding carboxylic acids is 3. The van der Waals surface area contributed by atoms with Crippen LogP contribution < -0.4 is 5.73 Å². The van der Waals surface area contributed by atoms with Gasteiger partial charge in [-0.1, -0.05) is 23.4 Å². The molecule has 0 amide bonds. The van der Waals surface area contributed by atoms with Crippen molar-refractivity contribution in [3.8, 4) is 0 Å². The zero-order valence-corrected chi connectivity index (χ0v) is 21.0. The van der Waals surface area contributed by atoms with Crippen molar-refractivity contribution >= 4 is 58.4 Å². The molecule has 3 aromatic rings. The van der Waals surface area contributed by atoms with Crippen molar-refractivity contribution in [2.75, 3.05) is 12.3 Å². The summed E-state index contributed by atoms with van der Waals surface area (Å²) in [5, 5.41) is 1.07. The minimum atomic E-state index is -1.09. The number of halogens is 1. The molecule has 14 heteroatoms. The molecule has 1 fully saturated rings. The van der Waals surface area contributed by atoms with Crippen molar-refractivity contribution in [1.82, 2.24) is 19.5 Å². The monoisotopic (exact) mass is 535 g/mol. The molecule has 36 heavy (non-hydrogen) atoms. The quantitative estimate of drug-likeness (QED) is 0.268. The van der Waals surface area contributed by atoms with E-state index in [0.717, 1.165) is 4.90 Å². The number of ether oxygens (including phenoxy) is 4. The summed E-state index contributed by atoms with van der Waals surface area (Å²) in [7, 11) is 0. The van der Waals surface area contributed by atoms with Crippen molar-refractivity contribution in [2.45, 2.75) is 55.2 Å². The van der Waals surface area contributed by atoms with Crippen LogP contribution in [0.3, 0.4) is 0 Å². The summed E-state index contributed by atoms with van der Waals surface area (Å²) in [5.74, 6) is -1.82. The highest BCUT2D eigenvalue weighted by molar-refractivity contribution is 7.99. The highest BCUT2D eigenvalue weighted by Gasteiger charge is 2.51. The van der Waals surface area contributed by atoms with Gasteiger partial charge in [0.25, 0.3) is 0 Å². The van der Waals surface area contributed by atoms with Crippen molar-refractivity contribution in [2.24, 2.45) is 0 Å². The third-order valence-corrected chi connectivity index (χ3v) is 6.29. The SMILES string of the molecule is CC(=O)OC[C@H]1O[C@@H](n2cnc3c(Sc4ccc(Cl)cc4)nc(N)nc32)[C@H](OC(C)=O)[C@@H]1OC(C)=O. The van der Waals surface area contributed by atoms with Crippen LogP contribution in [0.25, 0.3) is 11.2 Å². The van der Waals surface area contributed by atoms with E-state index >= 15 is 0 Å². The molecule has 12 nitrogen and oxygen atoms in total. The highest BCUT2D eigenvalue weighted by atomic mass is 35.5. The van der Waals surface area contributed by atoms with Gasteiger partial charge in [-0.25, -0.2) is 9.97 Å². The lowest BCUT2D eigenvalue weighted by atomic mass is 10.1. The fourth-order valence-electron chi connectivity index (χ4n) is 3.70. The third kappa shape index (κ3) is 5.69. The third-order valence-electron chi connectivity index (χ3n) is 5.05. The molecule has 3 heterocycles. The molecule has 0 unspecified atom stereocenters. The maximum absolute atomic E-state index is 11.9. The molecule has 2 N–H and O–H groups in total. The molecule has 4 atom stereocenters. The summed E-state index contributed by atoms with van der Waals surface area (Å²) < 4.78 is 23.6. The van der Waals surface area contributed by atoms with Gasteiger partial charge in [-0.2, -0.15) is 4.98 Å². The van der Waals surface area contributed by atoms with Crippen molar-refractivity contribution in [3.63, 3.8) is 0 Å². The van der Waals surface area contributed by atoms with Gasteiger partial charge in [0.1, 0.15) is 23.3 Å². The summed E-state index contributed by atoms with van der Waals surface area (Å²) in [6.45, 7) is 3.43. The molecule has 0 spiro atoms. The molecule has 1 aromatic carbocycles. The average molecular weight is 536 g/mol. The number of esters is 3. The first-order valence-electron chi connectivity index (χ1n) is 10.7. The lowest BCUT2D eigenvalue weighted by Gasteiger charge is -2.23. The molecule has 1 aliphatic rings. The van der Waals surface area contributed by atoms with E-state index in [1.54, 1.807) is 12.1 Å². The Morgan fingerprint density at radius 1 is 1.06 bits per heavy atom. The van der Waals surface area contributed by atoms with Crippen LogP contribution in [0.1, 0.15) is 27.0 Å². The molecular formula is C22H22ClN5O7S. The predicted molar refractivity (Wildman–Crippen MR) is 127 cm³/mol. The van der Waals surface area contributed by atoms with E-state index in [0.29, 0.717) is 21.2 Å². The molecule has 0 bridgehead atoms. The molecule has 0 radical (unpaired) electrons. The minimum Gasteiger partial charge on any atom is -0.463 e. The highest BCUT2D eigenvalue weighted by Crippen LogP contribution is 2.38. The summed E-state index contributed by atoms with van der Waals surface area (Å²) >= 11 is 7.29. The van der Waals surface area contributed by atoms with Crippen molar-refractivity contribution in [3.05, 3.63) is 35.6 Å². The molecule has 4 rings (SSSR count). The normalized spacial score (nSPS) is 21.3. The Balaban J connectivity index is 1.74. The zero-order chi connectivity index (χ0) is 26.0. The Bertz CT molecular complexity index is 1300. The maximum Gasteiger partial charge on any atom is 0.303 e. The van der Waals surface area contributed by atoms with Crippen LogP contribution in [0.5, 0.6) is 0 Å². The Hall–Kier alpha value is -3.42. The number of nitrogens with zero attached hydrogens (tertiary/aromatic N) is 4. The Morgan fingerprint density at radius 2 is 1.72 bits per heavy atom. The van der Waals surface area contributed by atoms with Crippen LogP contribution in [0.2, 0.25) is 5.02 Å². The second kappa shape index (κ2) is 10.7. The summed E-state index contributed by atoms with van der Waals surface area (Å²) in [6, 6.07) is 7.15. The lowest BCUT2D eigenvalue weighted by Crippen LogP contribution is -2.40. The average Bonchev–Trinajstić information content (AvgIpc) is 3.35. The first-order valence-corrected chi connectivity index (χ1v) is 11.9. The van der Waals surface area contributed by atoms with Crippen LogP contribution in [0.15, 0.2) is 40.5 Å². The number of hydrogen-bond donors (Lipinski definition) is 1. The number of benzene rings is 1. The van der Waals surface area contributed by atoms with Crippen LogP contribution >= 0.6 is 23.4 Å². The van der Waals surface area contributed by atoms with Crippen LogP contribution in [0.4, 0.5) is 5.95 Å². The zero-order valence-electron chi connectivity index (χ0n) is 19.4. The Morgan fingerprint density at radius 3 is 2.36 bits per heavy atom. The van der Waals surface area contributed by atoms with Gasteiger partial charge >= 0.3 is 17.9 Å². The molecule has 0 saturated carbocycles. The van der Waals surface area contributed by atoms with Gasteiger partial charge in [0.15, 0.2) is 24.1 Å². The number of hydrogen-bond acceptors (Lipinski definition) is 12. The standard InChI is InChI=1S/C22H22ClN5O7S/c1-10(29)32-8-15-17(33-11(2)30)18(34-12(3)31)21(35-15)28-9-25-16-19(28)26-22(24)27-20(16)36-14-6-4-13(23)5-7-14/h4-7,9,15,17-18,21H,8H2,1-3H3,(H2,24,26,27)/t15-,17-,18-,21-/m1/s1. The van der Waals surface area contributed by atoms with E-state index in [2.05, 4.69) is 15.0 Å². The molecule has 1 aliphatic heterocycles. The number of imidazole rings is 1. The number of fused-ring (bicyclic) bond motifs is 1. The predicted octanol–water partition coefficient (Wildman–Crippen LogP) is 2.54. The topological polar surface area (TPSA) is 158 Å². The van der Waals surface area contributed by atoms with E-state index in [9.17, 15) is 14.4 Å². The summed E-state index contributed by atoms with van der Waals surface area (Å²) in [5.41, 5.74) is 6.72. The minimum absolute atomic E-state index is 0.0178. The lowest BCUT2D eigenvalue weighted by molar-refractivity contribution is -0.166. The van der Waals surface area contributed by atoms with Gasteiger partial charge in [-0.3, -0.25) is 19.0 Å². The van der Waals surface area contributed by atoms with Crippen molar-refractivity contribution in [1.29, 1.82) is 0 Å². The molecule has 0 aliphatic carbocycles. The van der Waals surface area contributed by atoms with Crippen LogP contribution in [0, 0.1) is 0 Å². The van der Waals surface area contributed by atoms with Crippen LogP contribution in [-0.2, 0) is 33.3 Å². The van der Waals surface area contributed by atoms with Gasteiger partial charge in [0.2, 0.25) is 5.95 Å². The second-order valence-corrected chi connectivity index (χ2v) is 9.28. The van der Waals surface area contributed by atoms with Gasteiger partial charge in [0, 0.05) is 30.7 Å². The smallest absolute Gasteiger partial charge is 0.303 e. The van der Waals surface area contributed by atoms with E-state index in [-0.39, 0.29) is 12.6 Å². The number of nitrogen functional groups attached to an aromatic ring is 1. The first-order chi connectivity index (χ1) is 17.1. The number of nitrogens with two attached hydrogens (primary N) is 1. The first kappa shape index (κ1) is 25.7. The Kier molecular flexibility index (Phi) is 7.62. The molecule has 1 saturated heterocycles. The largest absolute Gasteiger partial charge is 0.463 e. The van der Waals surface area contributed by atoms with E-state index < -0.39 is 42.4 Å². The number of aromatic nitrogens is 4. The fraction of sp³-hybridized carbons (Fsp3) is 0.364. The molecule has 190 valence electrons. The fourth-order valence-corrected chi connectivity index (χ4v) is 4.70. The van der Waals surface area contributed by atoms with Gasteiger partial charge in [-0.15, -0.1) is 0 Å². The Labute approximate surface area is 214 Å². The summed E-state index contributed by atoms with van der Waals surface area (Å²) in [4.78, 5) is 49.0. The summed E-state index contributed by atoms with van der Waals surface area (Å²) in [6.07, 6.45) is -2.66. The van der Waals surface area contributed by atoms with Crippen molar-refractivity contribution < 1.29 is 33.3 Å². The number of rotatable bonds is 7. The molecule has 2 aromatic heterocycles. The maximum atomic E-state index is 11.9. The van der Waals surface area contributed by atoms with E-state index in [1.165, 1.54) is 43.4 Å². The van der Waals surface area contributed by atoms with E-state index in [4.69, 9.17) is 36.3 Å². The number of carbonyl (C=O) groups is 3.